The number of hydrazine groups is 1. The van der Waals surface area contributed by atoms with Crippen molar-refractivity contribution >= 4 is 17.5 Å². The van der Waals surface area contributed by atoms with Crippen molar-refractivity contribution in [3.05, 3.63) is 47.7 Å². The SMILES string of the molecule is CC1(c2nc(N3CN=C4c5ccccc5N5C(=CN(C#N)C5F)N43)no2)CC1. The number of fused-ring (bicyclic) bond motifs is 6. The van der Waals surface area contributed by atoms with Crippen LogP contribution in [0.4, 0.5) is 16.0 Å². The first-order valence-corrected chi connectivity index (χ1v) is 8.99. The smallest absolute Gasteiger partial charge is 0.287 e. The zero-order valence-corrected chi connectivity index (χ0v) is 14.9. The van der Waals surface area contributed by atoms with E-state index in [1.54, 1.807) is 10.0 Å². The van der Waals surface area contributed by atoms with Crippen LogP contribution >= 0.6 is 0 Å². The Morgan fingerprint density at radius 2 is 2.14 bits per heavy atom. The van der Waals surface area contributed by atoms with Crippen LogP contribution in [0.2, 0.25) is 0 Å². The maximum atomic E-state index is 15.0. The third-order valence-corrected chi connectivity index (χ3v) is 5.64. The summed E-state index contributed by atoms with van der Waals surface area (Å²) in [5, 5.41) is 16.9. The summed E-state index contributed by atoms with van der Waals surface area (Å²) in [6.45, 7) is 2.36. The van der Waals surface area contributed by atoms with E-state index < -0.39 is 6.42 Å². The molecule has 9 nitrogen and oxygen atoms in total. The fourth-order valence-electron chi connectivity index (χ4n) is 3.76. The Balaban J connectivity index is 1.47. The molecule has 0 amide bonds. The summed E-state index contributed by atoms with van der Waals surface area (Å²) in [6.07, 6.45) is 3.76. The molecule has 10 heteroatoms. The topological polar surface area (TPSA) is 88.0 Å². The first kappa shape index (κ1) is 15.4. The van der Waals surface area contributed by atoms with Gasteiger partial charge in [-0.15, -0.1) is 0 Å². The number of amidine groups is 1. The normalized spacial score (nSPS) is 23.7. The lowest BCUT2D eigenvalue weighted by Crippen LogP contribution is -2.51. The van der Waals surface area contributed by atoms with Gasteiger partial charge in [0.15, 0.2) is 17.8 Å². The molecule has 2 aromatic rings. The van der Waals surface area contributed by atoms with Crippen molar-refractivity contribution in [3.63, 3.8) is 0 Å². The molecule has 28 heavy (non-hydrogen) atoms. The molecule has 1 aliphatic carbocycles. The molecule has 3 aliphatic heterocycles. The van der Waals surface area contributed by atoms with Crippen molar-refractivity contribution in [3.8, 4) is 6.19 Å². The van der Waals surface area contributed by atoms with Crippen LogP contribution in [-0.2, 0) is 5.41 Å². The van der Waals surface area contributed by atoms with Crippen LogP contribution in [0.25, 0.3) is 0 Å². The van der Waals surface area contributed by atoms with Gasteiger partial charge in [0.2, 0.25) is 5.89 Å². The minimum atomic E-state index is -1.63. The summed E-state index contributed by atoms with van der Waals surface area (Å²) < 4.78 is 20.5. The van der Waals surface area contributed by atoms with E-state index in [0.717, 1.165) is 23.3 Å². The molecule has 4 aliphatic rings. The Labute approximate surface area is 159 Å². The predicted molar refractivity (Wildman–Crippen MR) is 96.0 cm³/mol. The number of hydrogen-bond acceptors (Lipinski definition) is 9. The average Bonchev–Trinajstić information content (AvgIpc) is 3.11. The van der Waals surface area contributed by atoms with Crippen molar-refractivity contribution in [2.45, 2.75) is 31.6 Å². The van der Waals surface area contributed by atoms with Crippen molar-refractivity contribution in [2.24, 2.45) is 4.99 Å². The predicted octanol–water partition coefficient (Wildman–Crippen LogP) is 2.23. The van der Waals surface area contributed by atoms with Crippen molar-refractivity contribution in [1.29, 1.82) is 5.26 Å². The zero-order valence-electron chi connectivity index (χ0n) is 14.9. The largest absolute Gasteiger partial charge is 0.337 e. The summed E-state index contributed by atoms with van der Waals surface area (Å²) >= 11 is 0. The Kier molecular flexibility index (Phi) is 2.76. The fourth-order valence-corrected chi connectivity index (χ4v) is 3.76. The van der Waals surface area contributed by atoms with Crippen LogP contribution in [-0.4, -0.2) is 39.0 Å². The minimum Gasteiger partial charge on any atom is -0.337 e. The van der Waals surface area contributed by atoms with Gasteiger partial charge in [0, 0.05) is 11.0 Å². The molecule has 1 aromatic heterocycles. The van der Waals surface area contributed by atoms with E-state index in [9.17, 15) is 5.26 Å². The number of nitriles is 1. The van der Waals surface area contributed by atoms with Gasteiger partial charge in [-0.1, -0.05) is 19.1 Å². The van der Waals surface area contributed by atoms with Crippen LogP contribution in [0.3, 0.4) is 0 Å². The Hall–Kier alpha value is -3.61. The molecule has 1 unspecified atom stereocenters. The third-order valence-electron chi connectivity index (χ3n) is 5.64. The number of benzene rings is 1. The molecule has 1 saturated carbocycles. The van der Waals surface area contributed by atoms with E-state index in [-0.39, 0.29) is 12.1 Å². The van der Waals surface area contributed by atoms with E-state index >= 15 is 4.39 Å². The van der Waals surface area contributed by atoms with E-state index in [4.69, 9.17) is 4.52 Å². The lowest BCUT2D eigenvalue weighted by atomic mass is 10.1. The number of alkyl halides is 1. The second-order valence-electron chi connectivity index (χ2n) is 7.49. The number of halogens is 1. The van der Waals surface area contributed by atoms with Crippen LogP contribution in [0.5, 0.6) is 0 Å². The van der Waals surface area contributed by atoms with E-state index in [0.29, 0.717) is 29.2 Å². The summed E-state index contributed by atoms with van der Waals surface area (Å²) in [5.74, 6) is 2.11. The van der Waals surface area contributed by atoms with E-state index in [1.807, 2.05) is 30.5 Å². The molecule has 0 saturated heterocycles. The monoisotopic (exact) mass is 378 g/mol. The number of para-hydroxylation sites is 1. The summed E-state index contributed by atoms with van der Waals surface area (Å²) in [6, 6.07) is 7.42. The molecule has 140 valence electrons. The number of rotatable bonds is 2. The number of aliphatic imine (C=N–C) groups is 1. The minimum absolute atomic E-state index is 0.0521. The molecular formula is C18H15FN8O. The van der Waals surface area contributed by atoms with Gasteiger partial charge >= 0.3 is 0 Å². The number of hydrogen-bond donors (Lipinski definition) is 0. The average molecular weight is 378 g/mol. The van der Waals surface area contributed by atoms with Gasteiger partial charge in [-0.3, -0.25) is 4.90 Å². The molecule has 0 bridgehead atoms. The number of aromatic nitrogens is 2. The zero-order chi connectivity index (χ0) is 19.0. The van der Waals surface area contributed by atoms with Crippen molar-refractivity contribution in [1.82, 2.24) is 20.0 Å². The molecule has 1 fully saturated rings. The van der Waals surface area contributed by atoms with Crippen LogP contribution in [0.15, 0.2) is 45.8 Å². The molecular weight excluding hydrogens is 363 g/mol. The van der Waals surface area contributed by atoms with Gasteiger partial charge in [0.25, 0.3) is 12.4 Å². The highest BCUT2D eigenvalue weighted by Gasteiger charge is 2.49. The standard InChI is InChI=1S/C18H15FN8O/c1-18(6-7-18)15-22-17(23-28-15)25-10-21-14-11-4-2-3-5-12(11)26-13(27(14)25)8-24(9-20)16(26)19/h2-5,8,16H,6-7,10H2,1H3. The highest BCUT2D eigenvalue weighted by Crippen LogP contribution is 2.47. The molecule has 6 rings (SSSR count). The van der Waals surface area contributed by atoms with Gasteiger partial charge < -0.3 is 4.52 Å². The second-order valence-corrected chi connectivity index (χ2v) is 7.49. The summed E-state index contributed by atoms with van der Waals surface area (Å²) in [4.78, 5) is 11.6. The molecule has 4 heterocycles. The highest BCUT2D eigenvalue weighted by molar-refractivity contribution is 6.09. The lowest BCUT2D eigenvalue weighted by molar-refractivity contribution is 0.204. The Morgan fingerprint density at radius 1 is 1.32 bits per heavy atom. The fraction of sp³-hybridized carbons (Fsp3) is 0.333. The van der Waals surface area contributed by atoms with Crippen molar-refractivity contribution < 1.29 is 8.91 Å². The highest BCUT2D eigenvalue weighted by atomic mass is 19.1. The summed E-state index contributed by atoms with van der Waals surface area (Å²) in [5.41, 5.74) is 1.39. The maximum Gasteiger partial charge on any atom is 0.287 e. The van der Waals surface area contributed by atoms with Crippen LogP contribution in [0, 0.1) is 11.5 Å². The third kappa shape index (κ3) is 1.85. The van der Waals surface area contributed by atoms with Crippen LogP contribution in [0.1, 0.15) is 31.2 Å². The Bertz CT molecular complexity index is 1100. The quantitative estimate of drug-likeness (QED) is 0.581. The number of nitrogens with zero attached hydrogens (tertiary/aromatic N) is 8. The van der Waals surface area contributed by atoms with Gasteiger partial charge in [-0.05, 0) is 30.1 Å². The van der Waals surface area contributed by atoms with Crippen LogP contribution < -0.4 is 9.91 Å². The maximum absolute atomic E-state index is 15.0. The second kappa shape index (κ2) is 5.01. The number of anilines is 2. The van der Waals surface area contributed by atoms with Gasteiger partial charge in [0.1, 0.15) is 6.67 Å². The van der Waals surface area contributed by atoms with Gasteiger partial charge in [0.05, 0.1) is 11.9 Å². The summed E-state index contributed by atoms with van der Waals surface area (Å²) in [7, 11) is 0. The molecule has 0 spiro atoms. The van der Waals surface area contributed by atoms with Gasteiger partial charge in [-0.25, -0.2) is 19.9 Å². The first-order chi connectivity index (χ1) is 13.6. The first-order valence-electron chi connectivity index (χ1n) is 8.99. The van der Waals surface area contributed by atoms with E-state index in [1.165, 1.54) is 11.1 Å². The van der Waals surface area contributed by atoms with Crippen molar-refractivity contribution in [2.75, 3.05) is 16.6 Å². The molecule has 0 N–H and O–H groups in total. The van der Waals surface area contributed by atoms with Gasteiger partial charge in [-0.2, -0.15) is 14.6 Å². The lowest BCUT2D eigenvalue weighted by Gasteiger charge is -2.39. The molecule has 1 aromatic carbocycles. The molecule has 0 radical (unpaired) electrons. The Morgan fingerprint density at radius 3 is 2.93 bits per heavy atom. The molecule has 1 atom stereocenters. The van der Waals surface area contributed by atoms with E-state index in [2.05, 4.69) is 22.1 Å².